The number of aromatic nitrogens is 1. The van der Waals surface area contributed by atoms with Crippen molar-refractivity contribution in [3.05, 3.63) is 11.1 Å². The fourth-order valence-corrected chi connectivity index (χ4v) is 2.51. The third-order valence-electron chi connectivity index (χ3n) is 2.55. The van der Waals surface area contributed by atoms with Gasteiger partial charge in [-0.25, -0.2) is 4.98 Å². The summed E-state index contributed by atoms with van der Waals surface area (Å²) in [5.41, 5.74) is 1.11. The fourth-order valence-electron chi connectivity index (χ4n) is 1.79. The van der Waals surface area contributed by atoms with Crippen LogP contribution < -0.4 is 10.6 Å². The molecule has 1 fully saturated rings. The van der Waals surface area contributed by atoms with Crippen LogP contribution in [0.25, 0.3) is 0 Å². The molecule has 2 N–H and O–H groups in total. The Labute approximate surface area is 88.9 Å². The highest BCUT2D eigenvalue weighted by atomic mass is 32.1. The smallest absolute Gasteiger partial charge is 0.182 e. The van der Waals surface area contributed by atoms with Gasteiger partial charge in [-0.15, -0.1) is 11.3 Å². The maximum absolute atomic E-state index is 4.36. The van der Waals surface area contributed by atoms with Gasteiger partial charge in [-0.2, -0.15) is 0 Å². The molecule has 0 radical (unpaired) electrons. The highest BCUT2D eigenvalue weighted by Crippen LogP contribution is 2.15. The summed E-state index contributed by atoms with van der Waals surface area (Å²) in [6.07, 6.45) is 3.87. The van der Waals surface area contributed by atoms with Crippen LogP contribution in [-0.4, -0.2) is 24.1 Å². The molecule has 0 aromatic carbocycles. The van der Waals surface area contributed by atoms with E-state index in [4.69, 9.17) is 0 Å². The van der Waals surface area contributed by atoms with Gasteiger partial charge in [0, 0.05) is 18.0 Å². The van der Waals surface area contributed by atoms with Crippen LogP contribution in [0.1, 0.15) is 25.0 Å². The Bertz CT molecular complexity index is 279. The second kappa shape index (κ2) is 4.75. The molecule has 1 aromatic rings. The molecule has 1 saturated heterocycles. The predicted octanol–water partition coefficient (Wildman–Crippen LogP) is 2.01. The zero-order valence-electron chi connectivity index (χ0n) is 8.55. The van der Waals surface area contributed by atoms with Gasteiger partial charge in [0.1, 0.15) is 0 Å². The van der Waals surface area contributed by atoms with Gasteiger partial charge in [-0.1, -0.05) is 0 Å². The molecule has 0 spiro atoms. The first-order chi connectivity index (χ1) is 6.84. The lowest BCUT2D eigenvalue weighted by molar-refractivity contribution is 0.574. The van der Waals surface area contributed by atoms with Crippen LogP contribution >= 0.6 is 11.3 Å². The van der Waals surface area contributed by atoms with E-state index >= 15 is 0 Å². The minimum Gasteiger partial charge on any atom is -0.361 e. The molecular formula is C10H17N3S. The molecular weight excluding hydrogens is 194 g/mol. The molecule has 2 rings (SSSR count). The van der Waals surface area contributed by atoms with Crippen LogP contribution in [0.3, 0.4) is 0 Å². The summed E-state index contributed by atoms with van der Waals surface area (Å²) in [5.74, 6) is 0. The Morgan fingerprint density at radius 2 is 2.64 bits per heavy atom. The Morgan fingerprint density at radius 1 is 1.71 bits per heavy atom. The summed E-state index contributed by atoms with van der Waals surface area (Å²) in [5, 5.41) is 9.99. The monoisotopic (exact) mass is 211 g/mol. The molecule has 0 saturated carbocycles. The van der Waals surface area contributed by atoms with Gasteiger partial charge < -0.3 is 10.6 Å². The van der Waals surface area contributed by atoms with E-state index < -0.39 is 0 Å². The number of thiazole rings is 1. The molecule has 1 aliphatic heterocycles. The van der Waals surface area contributed by atoms with Gasteiger partial charge in [-0.3, -0.25) is 0 Å². The molecule has 14 heavy (non-hydrogen) atoms. The summed E-state index contributed by atoms with van der Waals surface area (Å²) < 4.78 is 0. The first-order valence-electron chi connectivity index (χ1n) is 5.24. The molecule has 0 aliphatic carbocycles. The van der Waals surface area contributed by atoms with E-state index in [0.717, 1.165) is 23.4 Å². The lowest BCUT2D eigenvalue weighted by Gasteiger charge is -2.09. The van der Waals surface area contributed by atoms with Gasteiger partial charge in [0.25, 0.3) is 0 Å². The zero-order valence-corrected chi connectivity index (χ0v) is 9.36. The first kappa shape index (κ1) is 9.93. The third kappa shape index (κ3) is 2.69. The Morgan fingerprint density at radius 3 is 3.29 bits per heavy atom. The summed E-state index contributed by atoms with van der Waals surface area (Å²) in [7, 11) is 0. The van der Waals surface area contributed by atoms with E-state index in [2.05, 4.69) is 21.0 Å². The van der Waals surface area contributed by atoms with E-state index in [1.54, 1.807) is 11.3 Å². The highest BCUT2D eigenvalue weighted by Gasteiger charge is 2.12. The Hall–Kier alpha value is -0.610. The van der Waals surface area contributed by atoms with Crippen LogP contribution in [-0.2, 0) is 0 Å². The average molecular weight is 211 g/mol. The van der Waals surface area contributed by atoms with Crippen molar-refractivity contribution in [2.75, 3.05) is 18.4 Å². The van der Waals surface area contributed by atoms with Crippen molar-refractivity contribution in [2.24, 2.45) is 0 Å². The topological polar surface area (TPSA) is 37.0 Å². The lowest BCUT2D eigenvalue weighted by Crippen LogP contribution is -2.24. The highest BCUT2D eigenvalue weighted by molar-refractivity contribution is 7.13. The van der Waals surface area contributed by atoms with Gasteiger partial charge in [0.05, 0.1) is 5.69 Å². The van der Waals surface area contributed by atoms with Crippen molar-refractivity contribution in [3.8, 4) is 0 Å². The van der Waals surface area contributed by atoms with E-state index in [1.807, 2.05) is 6.92 Å². The van der Waals surface area contributed by atoms with Crippen molar-refractivity contribution < 1.29 is 0 Å². The lowest BCUT2D eigenvalue weighted by atomic mass is 10.2. The normalized spacial score (nSPS) is 21.4. The largest absolute Gasteiger partial charge is 0.361 e. The number of hydrogen-bond acceptors (Lipinski definition) is 4. The summed E-state index contributed by atoms with van der Waals surface area (Å²) in [6, 6.07) is 0.726. The quantitative estimate of drug-likeness (QED) is 0.800. The summed E-state index contributed by atoms with van der Waals surface area (Å²) in [4.78, 5) is 4.36. The van der Waals surface area contributed by atoms with Crippen LogP contribution in [0.15, 0.2) is 5.38 Å². The molecule has 4 heteroatoms. The van der Waals surface area contributed by atoms with E-state index in [9.17, 15) is 0 Å². The zero-order chi connectivity index (χ0) is 9.80. The van der Waals surface area contributed by atoms with Crippen LogP contribution in [0.5, 0.6) is 0 Å². The van der Waals surface area contributed by atoms with Crippen LogP contribution in [0.2, 0.25) is 0 Å². The van der Waals surface area contributed by atoms with Crippen LogP contribution in [0.4, 0.5) is 5.13 Å². The molecule has 3 nitrogen and oxygen atoms in total. The Kier molecular flexibility index (Phi) is 3.37. The standard InChI is InChI=1S/C10H17N3S/c1-8-7-14-10(13-8)12-6-4-9-3-2-5-11-9/h7,9,11H,2-6H2,1H3,(H,12,13). The fraction of sp³-hybridized carbons (Fsp3) is 0.700. The van der Waals surface area contributed by atoms with Crippen molar-refractivity contribution in [3.63, 3.8) is 0 Å². The minimum absolute atomic E-state index is 0.726. The maximum Gasteiger partial charge on any atom is 0.182 e. The second-order valence-corrected chi connectivity index (χ2v) is 4.66. The molecule has 1 atom stereocenters. The molecule has 1 unspecified atom stereocenters. The van der Waals surface area contributed by atoms with Gasteiger partial charge in [0.2, 0.25) is 0 Å². The van der Waals surface area contributed by atoms with E-state index in [1.165, 1.54) is 25.8 Å². The van der Waals surface area contributed by atoms with Crippen molar-refractivity contribution in [1.29, 1.82) is 0 Å². The van der Waals surface area contributed by atoms with Crippen LogP contribution in [0, 0.1) is 6.92 Å². The van der Waals surface area contributed by atoms with Gasteiger partial charge in [0.15, 0.2) is 5.13 Å². The molecule has 78 valence electrons. The first-order valence-corrected chi connectivity index (χ1v) is 6.12. The average Bonchev–Trinajstić information content (AvgIpc) is 2.77. The maximum atomic E-state index is 4.36. The predicted molar refractivity (Wildman–Crippen MR) is 61.0 cm³/mol. The molecule has 1 aliphatic rings. The molecule has 0 amide bonds. The number of nitrogens with one attached hydrogen (secondary N) is 2. The number of anilines is 1. The number of hydrogen-bond donors (Lipinski definition) is 2. The summed E-state index contributed by atoms with van der Waals surface area (Å²) >= 11 is 1.69. The second-order valence-electron chi connectivity index (χ2n) is 3.80. The number of aryl methyl sites for hydroxylation is 1. The van der Waals surface area contributed by atoms with Gasteiger partial charge in [-0.05, 0) is 32.7 Å². The van der Waals surface area contributed by atoms with Crippen molar-refractivity contribution >= 4 is 16.5 Å². The van der Waals surface area contributed by atoms with Crippen molar-refractivity contribution in [1.82, 2.24) is 10.3 Å². The third-order valence-corrected chi connectivity index (χ3v) is 3.47. The number of nitrogens with zero attached hydrogens (tertiary/aromatic N) is 1. The molecule has 0 bridgehead atoms. The van der Waals surface area contributed by atoms with E-state index in [-0.39, 0.29) is 0 Å². The number of rotatable bonds is 4. The Balaban J connectivity index is 1.67. The molecule has 2 heterocycles. The van der Waals surface area contributed by atoms with E-state index in [0.29, 0.717) is 0 Å². The van der Waals surface area contributed by atoms with Gasteiger partial charge >= 0.3 is 0 Å². The molecule has 1 aromatic heterocycles. The van der Waals surface area contributed by atoms with Crippen molar-refractivity contribution in [2.45, 2.75) is 32.2 Å². The minimum atomic E-state index is 0.726. The SMILES string of the molecule is Cc1csc(NCCC2CCCN2)n1. The summed E-state index contributed by atoms with van der Waals surface area (Å²) in [6.45, 7) is 4.26.